The molecule has 2 aromatic heterocycles. The van der Waals surface area contributed by atoms with Crippen LogP contribution < -0.4 is 16.0 Å². The predicted molar refractivity (Wildman–Crippen MR) is 141 cm³/mol. The van der Waals surface area contributed by atoms with Crippen molar-refractivity contribution in [1.82, 2.24) is 4.90 Å². The summed E-state index contributed by atoms with van der Waals surface area (Å²) in [6.07, 6.45) is 5.44. The quantitative estimate of drug-likeness (QED) is 0.215. The third kappa shape index (κ3) is 4.32. The Labute approximate surface area is 214 Å². The van der Waals surface area contributed by atoms with E-state index >= 15 is 0 Å². The maximum absolute atomic E-state index is 13.9. The number of benzene rings is 2. The maximum atomic E-state index is 13.9. The lowest BCUT2D eigenvalue weighted by Crippen LogP contribution is -2.33. The average molecular weight is 495 g/mol. The van der Waals surface area contributed by atoms with E-state index in [-0.39, 0.29) is 5.76 Å². The van der Waals surface area contributed by atoms with Crippen molar-refractivity contribution in [2.75, 3.05) is 29.0 Å². The lowest BCUT2D eigenvalue weighted by atomic mass is 10.0. The fourth-order valence-corrected chi connectivity index (χ4v) is 4.94. The van der Waals surface area contributed by atoms with Crippen molar-refractivity contribution >= 4 is 40.1 Å². The van der Waals surface area contributed by atoms with Crippen LogP contribution in [0.25, 0.3) is 11.3 Å². The van der Waals surface area contributed by atoms with Gasteiger partial charge in [-0.1, -0.05) is 12.1 Å². The van der Waals surface area contributed by atoms with Gasteiger partial charge < -0.3 is 19.9 Å². The number of imide groups is 1. The summed E-state index contributed by atoms with van der Waals surface area (Å²) >= 11 is 0. The van der Waals surface area contributed by atoms with Crippen molar-refractivity contribution < 1.29 is 18.4 Å². The summed E-state index contributed by atoms with van der Waals surface area (Å²) in [5.41, 5.74) is 10.2. The van der Waals surface area contributed by atoms with Crippen LogP contribution in [0.3, 0.4) is 0 Å². The molecule has 0 atom stereocenters. The molecular weight excluding hydrogens is 468 g/mol. The summed E-state index contributed by atoms with van der Waals surface area (Å²) < 4.78 is 11.0. The minimum Gasteiger partial charge on any atom is -0.463 e. The molecule has 0 unspecified atom stereocenters. The Morgan fingerprint density at radius 3 is 2.30 bits per heavy atom. The molecular formula is C29H26N4O4. The summed E-state index contributed by atoms with van der Waals surface area (Å²) in [5.74, 6) is -0.530. The Hall–Kier alpha value is -4.56. The Morgan fingerprint density at radius 1 is 0.919 bits per heavy atom. The molecule has 2 aromatic carbocycles. The van der Waals surface area contributed by atoms with Gasteiger partial charge in [0.2, 0.25) is 0 Å². The first-order valence-electron chi connectivity index (χ1n) is 12.3. The molecule has 0 saturated carbocycles. The van der Waals surface area contributed by atoms with Crippen molar-refractivity contribution in [3.05, 3.63) is 102 Å². The van der Waals surface area contributed by atoms with E-state index in [1.807, 2.05) is 12.1 Å². The second-order valence-corrected chi connectivity index (χ2v) is 9.23. The molecule has 186 valence electrons. The fourth-order valence-electron chi connectivity index (χ4n) is 4.94. The second kappa shape index (κ2) is 9.48. The number of carbonyl (C=O) groups is 2. The number of nitrogen functional groups attached to an aromatic ring is 1. The standard InChI is InChI=1S/C29H26N4O4/c30-20-9-12-22-23(17-20)33(28(34)25-6-4-16-37-25)29(35)26(22)27(24-5-3-15-36-24)31-21-10-7-19(8-11-21)18-32-13-1-2-14-32/h3-12,15-17,31H,1-2,13-14,18,30H2/b27-26-. The number of fused-ring (bicyclic) bond motifs is 1. The Morgan fingerprint density at radius 2 is 1.62 bits per heavy atom. The number of hydrogen-bond acceptors (Lipinski definition) is 7. The van der Waals surface area contributed by atoms with Gasteiger partial charge in [-0.05, 0) is 86.1 Å². The van der Waals surface area contributed by atoms with E-state index in [2.05, 4.69) is 22.3 Å². The van der Waals surface area contributed by atoms with Crippen LogP contribution in [0.2, 0.25) is 0 Å². The Balaban J connectivity index is 1.40. The average Bonchev–Trinajstić information content (AvgIpc) is 3.71. The smallest absolute Gasteiger partial charge is 0.301 e. The monoisotopic (exact) mass is 494 g/mol. The number of likely N-dealkylation sites (tertiary alicyclic amines) is 1. The largest absolute Gasteiger partial charge is 0.463 e. The highest BCUT2D eigenvalue weighted by molar-refractivity contribution is 6.45. The Bertz CT molecular complexity index is 1460. The number of nitrogens with zero attached hydrogens (tertiary/aromatic N) is 2. The summed E-state index contributed by atoms with van der Waals surface area (Å²) in [4.78, 5) is 30.7. The molecule has 4 heterocycles. The topological polar surface area (TPSA) is 105 Å². The molecule has 8 nitrogen and oxygen atoms in total. The number of furan rings is 2. The molecule has 0 spiro atoms. The number of carbonyl (C=O) groups excluding carboxylic acids is 2. The van der Waals surface area contributed by atoms with E-state index in [1.165, 1.54) is 30.7 Å². The van der Waals surface area contributed by atoms with Gasteiger partial charge in [-0.2, -0.15) is 0 Å². The van der Waals surface area contributed by atoms with Gasteiger partial charge in [0.25, 0.3) is 5.91 Å². The molecule has 3 N–H and O–H groups in total. The maximum Gasteiger partial charge on any atom is 0.301 e. The van der Waals surface area contributed by atoms with Crippen LogP contribution in [0.4, 0.5) is 17.1 Å². The first-order valence-corrected chi connectivity index (χ1v) is 12.3. The third-order valence-corrected chi connectivity index (χ3v) is 6.73. The minimum atomic E-state index is -0.568. The highest BCUT2D eigenvalue weighted by Gasteiger charge is 2.40. The summed E-state index contributed by atoms with van der Waals surface area (Å²) in [7, 11) is 0. The third-order valence-electron chi connectivity index (χ3n) is 6.73. The van der Waals surface area contributed by atoms with Crippen molar-refractivity contribution in [2.24, 2.45) is 0 Å². The molecule has 2 amide bonds. The van der Waals surface area contributed by atoms with Gasteiger partial charge in [-0.25, -0.2) is 4.90 Å². The number of anilines is 3. The zero-order valence-corrected chi connectivity index (χ0v) is 20.1. The summed E-state index contributed by atoms with van der Waals surface area (Å²) in [6, 6.07) is 19.9. The fraction of sp³-hybridized carbons (Fsp3) is 0.172. The van der Waals surface area contributed by atoms with E-state index in [0.29, 0.717) is 34.0 Å². The van der Waals surface area contributed by atoms with Gasteiger partial charge in [0.05, 0.1) is 29.5 Å². The molecule has 0 aliphatic carbocycles. The van der Waals surface area contributed by atoms with Crippen LogP contribution >= 0.6 is 0 Å². The molecule has 2 aliphatic rings. The van der Waals surface area contributed by atoms with Crippen LogP contribution in [0.15, 0.2) is 88.1 Å². The first kappa shape index (κ1) is 22.9. The molecule has 1 saturated heterocycles. The normalized spacial score (nSPS) is 16.8. The lowest BCUT2D eigenvalue weighted by molar-refractivity contribution is -0.112. The van der Waals surface area contributed by atoms with Crippen LogP contribution in [0, 0.1) is 0 Å². The number of nitrogens with two attached hydrogens (primary N) is 1. The van der Waals surface area contributed by atoms with E-state index in [0.717, 1.165) is 30.2 Å². The van der Waals surface area contributed by atoms with Crippen LogP contribution in [0.1, 0.15) is 40.3 Å². The van der Waals surface area contributed by atoms with Crippen molar-refractivity contribution in [3.63, 3.8) is 0 Å². The SMILES string of the molecule is Nc1ccc2c(c1)N(C(=O)c1ccco1)C(=O)/C2=C(\Nc1ccc(CN2CCCC2)cc1)c1ccco1. The number of amides is 2. The highest BCUT2D eigenvalue weighted by atomic mass is 16.3. The first-order chi connectivity index (χ1) is 18.1. The molecule has 2 aliphatic heterocycles. The van der Waals surface area contributed by atoms with E-state index < -0.39 is 11.8 Å². The van der Waals surface area contributed by atoms with E-state index in [4.69, 9.17) is 14.6 Å². The van der Waals surface area contributed by atoms with E-state index in [1.54, 1.807) is 42.7 Å². The van der Waals surface area contributed by atoms with Crippen LogP contribution in [-0.2, 0) is 11.3 Å². The molecule has 0 bridgehead atoms. The van der Waals surface area contributed by atoms with Crippen molar-refractivity contribution in [1.29, 1.82) is 0 Å². The van der Waals surface area contributed by atoms with Gasteiger partial charge in [0.1, 0.15) is 0 Å². The summed E-state index contributed by atoms with van der Waals surface area (Å²) in [5, 5.41) is 3.38. The lowest BCUT2D eigenvalue weighted by Gasteiger charge is -2.16. The van der Waals surface area contributed by atoms with E-state index in [9.17, 15) is 9.59 Å². The van der Waals surface area contributed by atoms with Gasteiger partial charge in [0, 0.05) is 23.5 Å². The predicted octanol–water partition coefficient (Wildman–Crippen LogP) is 5.22. The number of nitrogens with one attached hydrogen (secondary N) is 1. The van der Waals surface area contributed by atoms with Crippen LogP contribution in [-0.4, -0.2) is 29.8 Å². The number of hydrogen-bond donors (Lipinski definition) is 2. The molecule has 37 heavy (non-hydrogen) atoms. The zero-order chi connectivity index (χ0) is 25.4. The van der Waals surface area contributed by atoms with Crippen molar-refractivity contribution in [3.8, 4) is 0 Å². The highest BCUT2D eigenvalue weighted by Crippen LogP contribution is 2.43. The van der Waals surface area contributed by atoms with Crippen LogP contribution in [0.5, 0.6) is 0 Å². The van der Waals surface area contributed by atoms with Crippen molar-refractivity contribution in [2.45, 2.75) is 19.4 Å². The zero-order valence-electron chi connectivity index (χ0n) is 20.1. The second-order valence-electron chi connectivity index (χ2n) is 9.23. The van der Waals surface area contributed by atoms with Gasteiger partial charge in [0.15, 0.2) is 11.5 Å². The molecule has 0 radical (unpaired) electrons. The van der Waals surface area contributed by atoms with Gasteiger partial charge in [-0.3, -0.25) is 14.5 Å². The number of rotatable bonds is 6. The minimum absolute atomic E-state index is 0.0593. The molecule has 4 aromatic rings. The Kier molecular flexibility index (Phi) is 5.86. The van der Waals surface area contributed by atoms with Gasteiger partial charge >= 0.3 is 5.91 Å². The molecule has 1 fully saturated rings. The van der Waals surface area contributed by atoms with Gasteiger partial charge in [-0.15, -0.1) is 0 Å². The molecule has 8 heteroatoms. The molecule has 6 rings (SSSR count). The summed E-state index contributed by atoms with van der Waals surface area (Å²) in [6.45, 7) is 3.19.